The van der Waals surface area contributed by atoms with E-state index < -0.39 is 0 Å². The molecule has 0 aromatic heterocycles. The van der Waals surface area contributed by atoms with Crippen LogP contribution in [0.2, 0.25) is 0 Å². The van der Waals surface area contributed by atoms with Crippen molar-refractivity contribution in [2.75, 3.05) is 12.4 Å². The van der Waals surface area contributed by atoms with Gasteiger partial charge in [0.25, 0.3) is 0 Å². The summed E-state index contributed by atoms with van der Waals surface area (Å²) in [4.78, 5) is 0. The van der Waals surface area contributed by atoms with Gasteiger partial charge in [0.05, 0.1) is 6.04 Å². The molecule has 0 aliphatic carbocycles. The van der Waals surface area contributed by atoms with Crippen molar-refractivity contribution < 1.29 is 4.74 Å². The Bertz CT molecular complexity index is 285. The Labute approximate surface area is 72.5 Å². The second kappa shape index (κ2) is 2.79. The monoisotopic (exact) mass is 163 g/mol. The lowest BCUT2D eigenvalue weighted by molar-refractivity contribution is 0.0979. The molecule has 0 saturated carbocycles. The molecule has 12 heavy (non-hydrogen) atoms. The number of benzene rings is 1. The van der Waals surface area contributed by atoms with Crippen LogP contribution in [0.15, 0.2) is 24.3 Å². The second-order valence-electron chi connectivity index (χ2n) is 3.18. The van der Waals surface area contributed by atoms with Crippen molar-refractivity contribution in [2.45, 2.75) is 19.1 Å². The smallest absolute Gasteiger partial charge is 0.104 e. The molecule has 1 aliphatic heterocycles. The van der Waals surface area contributed by atoms with Crippen LogP contribution in [0.5, 0.6) is 0 Å². The van der Waals surface area contributed by atoms with E-state index in [0.29, 0.717) is 6.04 Å². The first-order valence-corrected chi connectivity index (χ1v) is 4.21. The van der Waals surface area contributed by atoms with Crippen LogP contribution in [0.1, 0.15) is 18.6 Å². The van der Waals surface area contributed by atoms with Gasteiger partial charge in [-0.1, -0.05) is 18.2 Å². The molecule has 1 heterocycles. The van der Waals surface area contributed by atoms with Gasteiger partial charge in [-0.25, -0.2) is 0 Å². The molecule has 0 saturated heterocycles. The van der Waals surface area contributed by atoms with E-state index in [9.17, 15) is 0 Å². The molecule has 64 valence electrons. The van der Waals surface area contributed by atoms with Crippen LogP contribution in [-0.2, 0) is 4.74 Å². The lowest BCUT2D eigenvalue weighted by Crippen LogP contribution is -2.16. The molecule has 0 fully saturated rings. The second-order valence-corrected chi connectivity index (χ2v) is 3.18. The summed E-state index contributed by atoms with van der Waals surface area (Å²) in [5.41, 5.74) is 2.48. The number of nitrogens with one attached hydrogen (secondary N) is 1. The summed E-state index contributed by atoms with van der Waals surface area (Å²) >= 11 is 0. The van der Waals surface area contributed by atoms with E-state index in [-0.39, 0.29) is 6.10 Å². The number of anilines is 1. The van der Waals surface area contributed by atoms with Gasteiger partial charge >= 0.3 is 0 Å². The van der Waals surface area contributed by atoms with Crippen LogP contribution in [-0.4, -0.2) is 13.2 Å². The summed E-state index contributed by atoms with van der Waals surface area (Å²) in [5, 5.41) is 3.37. The molecule has 1 aromatic carbocycles. The molecule has 0 amide bonds. The van der Waals surface area contributed by atoms with Gasteiger partial charge in [-0.05, 0) is 13.0 Å². The van der Waals surface area contributed by atoms with Gasteiger partial charge in [0, 0.05) is 18.4 Å². The maximum atomic E-state index is 5.39. The van der Waals surface area contributed by atoms with E-state index >= 15 is 0 Å². The number of hydrogen-bond donors (Lipinski definition) is 1. The average molecular weight is 163 g/mol. The zero-order valence-electron chi connectivity index (χ0n) is 7.37. The van der Waals surface area contributed by atoms with Gasteiger partial charge in [-0.15, -0.1) is 0 Å². The van der Waals surface area contributed by atoms with E-state index in [4.69, 9.17) is 4.74 Å². The average Bonchev–Trinajstić information content (AvgIpc) is 2.40. The van der Waals surface area contributed by atoms with E-state index in [0.717, 1.165) is 0 Å². The van der Waals surface area contributed by atoms with Crippen molar-refractivity contribution in [1.82, 2.24) is 0 Å². The summed E-state index contributed by atoms with van der Waals surface area (Å²) < 4.78 is 5.39. The molecular formula is C10H13NO. The molecule has 2 rings (SSSR count). The number of rotatable bonds is 1. The minimum absolute atomic E-state index is 0.209. The predicted octanol–water partition coefficient (Wildman–Crippen LogP) is 2.19. The summed E-state index contributed by atoms with van der Waals surface area (Å²) in [6, 6.07) is 8.67. The van der Waals surface area contributed by atoms with Crippen LogP contribution >= 0.6 is 0 Å². The summed E-state index contributed by atoms with van der Waals surface area (Å²) in [5.74, 6) is 0. The zero-order chi connectivity index (χ0) is 8.55. The lowest BCUT2D eigenvalue weighted by Gasteiger charge is -2.13. The van der Waals surface area contributed by atoms with Crippen molar-refractivity contribution in [3.63, 3.8) is 0 Å². The maximum absolute atomic E-state index is 5.39. The largest absolute Gasteiger partial charge is 0.379 e. The van der Waals surface area contributed by atoms with E-state index in [2.05, 4.69) is 24.4 Å². The Hall–Kier alpha value is -1.02. The molecule has 1 aliphatic rings. The van der Waals surface area contributed by atoms with Gasteiger partial charge in [-0.2, -0.15) is 0 Å². The molecule has 2 unspecified atom stereocenters. The summed E-state index contributed by atoms with van der Waals surface area (Å²) in [6.07, 6.45) is 0.209. The van der Waals surface area contributed by atoms with Crippen LogP contribution in [0.4, 0.5) is 5.69 Å². The number of methoxy groups -OCH3 is 1. The summed E-state index contributed by atoms with van der Waals surface area (Å²) in [6.45, 7) is 2.13. The van der Waals surface area contributed by atoms with Crippen LogP contribution in [0, 0.1) is 0 Å². The Morgan fingerprint density at radius 1 is 1.33 bits per heavy atom. The first-order chi connectivity index (χ1) is 5.83. The maximum Gasteiger partial charge on any atom is 0.104 e. The fourth-order valence-corrected chi connectivity index (χ4v) is 1.80. The molecule has 0 spiro atoms. The normalized spacial score (nSPS) is 26.5. The molecule has 2 heteroatoms. The predicted molar refractivity (Wildman–Crippen MR) is 49.3 cm³/mol. The minimum atomic E-state index is 0.209. The highest BCUT2D eigenvalue weighted by atomic mass is 16.5. The SMILES string of the molecule is COC1c2ccccc2NC1C. The Morgan fingerprint density at radius 3 is 2.83 bits per heavy atom. The van der Waals surface area contributed by atoms with Crippen molar-refractivity contribution in [3.05, 3.63) is 29.8 Å². The third-order valence-corrected chi connectivity index (χ3v) is 2.36. The van der Waals surface area contributed by atoms with Crippen molar-refractivity contribution in [2.24, 2.45) is 0 Å². The van der Waals surface area contributed by atoms with Crippen LogP contribution in [0.25, 0.3) is 0 Å². The van der Waals surface area contributed by atoms with Crippen LogP contribution < -0.4 is 5.32 Å². The van der Waals surface area contributed by atoms with Crippen molar-refractivity contribution >= 4 is 5.69 Å². The molecular weight excluding hydrogens is 150 g/mol. The standard InChI is InChI=1S/C10H13NO/c1-7-10(12-2)8-5-3-4-6-9(8)11-7/h3-7,10-11H,1-2H3. The number of fused-ring (bicyclic) bond motifs is 1. The van der Waals surface area contributed by atoms with Crippen molar-refractivity contribution in [3.8, 4) is 0 Å². The van der Waals surface area contributed by atoms with Gasteiger partial charge in [-0.3, -0.25) is 0 Å². The fraction of sp³-hybridized carbons (Fsp3) is 0.400. The number of para-hydroxylation sites is 1. The highest BCUT2D eigenvalue weighted by Gasteiger charge is 2.27. The summed E-state index contributed by atoms with van der Waals surface area (Å²) in [7, 11) is 1.75. The van der Waals surface area contributed by atoms with Gasteiger partial charge < -0.3 is 10.1 Å². The Morgan fingerprint density at radius 2 is 2.08 bits per heavy atom. The molecule has 0 bridgehead atoms. The van der Waals surface area contributed by atoms with E-state index in [1.807, 2.05) is 12.1 Å². The highest BCUT2D eigenvalue weighted by molar-refractivity contribution is 5.58. The molecule has 2 atom stereocenters. The van der Waals surface area contributed by atoms with Gasteiger partial charge in [0.15, 0.2) is 0 Å². The first-order valence-electron chi connectivity index (χ1n) is 4.21. The fourth-order valence-electron chi connectivity index (χ4n) is 1.80. The lowest BCUT2D eigenvalue weighted by atomic mass is 10.1. The van der Waals surface area contributed by atoms with Gasteiger partial charge in [0.2, 0.25) is 0 Å². The molecule has 1 N–H and O–H groups in total. The minimum Gasteiger partial charge on any atom is -0.379 e. The number of hydrogen-bond acceptors (Lipinski definition) is 2. The quantitative estimate of drug-likeness (QED) is 0.685. The third kappa shape index (κ3) is 0.994. The van der Waals surface area contributed by atoms with E-state index in [1.165, 1.54) is 11.3 Å². The van der Waals surface area contributed by atoms with Crippen molar-refractivity contribution in [1.29, 1.82) is 0 Å². The Kier molecular flexibility index (Phi) is 1.77. The number of ether oxygens (including phenoxy) is 1. The topological polar surface area (TPSA) is 21.3 Å². The zero-order valence-corrected chi connectivity index (χ0v) is 7.37. The van der Waals surface area contributed by atoms with Gasteiger partial charge in [0.1, 0.15) is 6.10 Å². The van der Waals surface area contributed by atoms with Crippen LogP contribution in [0.3, 0.4) is 0 Å². The molecule has 2 nitrogen and oxygen atoms in total. The van der Waals surface area contributed by atoms with E-state index in [1.54, 1.807) is 7.11 Å². The molecule has 1 aromatic rings. The third-order valence-electron chi connectivity index (χ3n) is 2.36. The molecule has 0 radical (unpaired) electrons. The highest BCUT2D eigenvalue weighted by Crippen LogP contribution is 2.35. The Balaban J connectivity index is 2.40. The first kappa shape index (κ1) is 7.62.